The molecule has 0 spiro atoms. The first kappa shape index (κ1) is 21.4. The van der Waals surface area contributed by atoms with E-state index < -0.39 is 6.04 Å². The Kier molecular flexibility index (Phi) is 7.99. The lowest BCUT2D eigenvalue weighted by molar-refractivity contribution is -0.142. The van der Waals surface area contributed by atoms with Crippen molar-refractivity contribution in [3.05, 3.63) is 65.5 Å². The molecule has 0 bridgehead atoms. The Morgan fingerprint density at radius 3 is 2.18 bits per heavy atom. The van der Waals surface area contributed by atoms with E-state index in [1.54, 1.807) is 12.1 Å². The lowest BCUT2D eigenvalue weighted by atomic mass is 10.1. The van der Waals surface area contributed by atoms with Crippen LogP contribution in [0.2, 0.25) is 0 Å². The molecular formula is C22H27FN2O3. The molecular weight excluding hydrogens is 359 g/mol. The molecule has 0 heterocycles. The summed E-state index contributed by atoms with van der Waals surface area (Å²) in [6, 6.07) is 12.8. The van der Waals surface area contributed by atoms with Crippen LogP contribution in [0.4, 0.5) is 4.39 Å². The Bertz CT molecular complexity index is 775. The highest BCUT2D eigenvalue weighted by atomic mass is 19.1. The van der Waals surface area contributed by atoms with Crippen molar-refractivity contribution in [3.8, 4) is 5.75 Å². The number of benzene rings is 2. The van der Waals surface area contributed by atoms with Gasteiger partial charge in [0.25, 0.3) is 5.91 Å². The summed E-state index contributed by atoms with van der Waals surface area (Å²) in [7, 11) is 1.54. The van der Waals surface area contributed by atoms with Gasteiger partial charge in [0.15, 0.2) is 6.61 Å². The number of halogens is 1. The fourth-order valence-corrected chi connectivity index (χ4v) is 2.92. The lowest BCUT2D eigenvalue weighted by Gasteiger charge is -2.30. The van der Waals surface area contributed by atoms with Crippen LogP contribution < -0.4 is 10.1 Å². The molecule has 0 aliphatic heterocycles. The van der Waals surface area contributed by atoms with Gasteiger partial charge in [-0.2, -0.15) is 0 Å². The maximum absolute atomic E-state index is 13.2. The molecule has 0 saturated heterocycles. The normalized spacial score (nSPS) is 11.6. The second-order valence-electron chi connectivity index (χ2n) is 6.47. The van der Waals surface area contributed by atoms with Gasteiger partial charge in [-0.15, -0.1) is 0 Å². The fourth-order valence-electron chi connectivity index (χ4n) is 2.92. The maximum atomic E-state index is 13.2. The monoisotopic (exact) mass is 386 g/mol. The summed E-state index contributed by atoms with van der Waals surface area (Å²) in [6.07, 6.45) is 1.38. The van der Waals surface area contributed by atoms with Gasteiger partial charge in [0.2, 0.25) is 5.91 Å². The van der Waals surface area contributed by atoms with Crippen LogP contribution in [0.15, 0.2) is 48.5 Å². The number of carbonyl (C=O) groups is 2. The third-order valence-electron chi connectivity index (χ3n) is 4.59. The first-order valence-corrected chi connectivity index (χ1v) is 9.45. The van der Waals surface area contributed by atoms with Crippen molar-refractivity contribution in [2.75, 3.05) is 13.7 Å². The molecule has 1 N–H and O–H groups in total. The van der Waals surface area contributed by atoms with E-state index in [1.165, 1.54) is 29.6 Å². The summed E-state index contributed by atoms with van der Waals surface area (Å²) in [4.78, 5) is 26.6. The van der Waals surface area contributed by atoms with Crippen LogP contribution >= 0.6 is 0 Å². The number of nitrogens with zero attached hydrogens (tertiary/aromatic N) is 1. The van der Waals surface area contributed by atoms with E-state index in [9.17, 15) is 14.0 Å². The molecule has 0 aliphatic rings. The summed E-state index contributed by atoms with van der Waals surface area (Å²) in [5.41, 5.74) is 1.92. The highest BCUT2D eigenvalue weighted by Crippen LogP contribution is 2.16. The largest absolute Gasteiger partial charge is 0.484 e. The molecule has 2 aromatic carbocycles. The van der Waals surface area contributed by atoms with Gasteiger partial charge in [-0.3, -0.25) is 9.59 Å². The maximum Gasteiger partial charge on any atom is 0.261 e. The number of hydrogen-bond donors (Lipinski definition) is 1. The molecule has 5 nitrogen and oxygen atoms in total. The van der Waals surface area contributed by atoms with Crippen LogP contribution in [0.3, 0.4) is 0 Å². The van der Waals surface area contributed by atoms with E-state index in [4.69, 9.17) is 4.74 Å². The van der Waals surface area contributed by atoms with Crippen molar-refractivity contribution in [2.24, 2.45) is 0 Å². The van der Waals surface area contributed by atoms with Gasteiger partial charge in [-0.05, 0) is 48.2 Å². The van der Waals surface area contributed by atoms with E-state index in [0.29, 0.717) is 12.2 Å². The molecule has 150 valence electrons. The second-order valence-corrected chi connectivity index (χ2v) is 6.47. The minimum atomic E-state index is -0.631. The summed E-state index contributed by atoms with van der Waals surface area (Å²) in [6.45, 7) is 3.93. The zero-order valence-corrected chi connectivity index (χ0v) is 16.6. The predicted octanol–water partition coefficient (Wildman–Crippen LogP) is 3.32. The number of rotatable bonds is 9. The van der Waals surface area contributed by atoms with Crippen molar-refractivity contribution in [3.63, 3.8) is 0 Å². The van der Waals surface area contributed by atoms with E-state index in [0.717, 1.165) is 12.0 Å². The third-order valence-corrected chi connectivity index (χ3v) is 4.59. The molecule has 6 heteroatoms. The first-order valence-electron chi connectivity index (χ1n) is 9.45. The fraction of sp³-hybridized carbons (Fsp3) is 0.364. The third kappa shape index (κ3) is 5.81. The van der Waals surface area contributed by atoms with Gasteiger partial charge in [0.05, 0.1) is 0 Å². The van der Waals surface area contributed by atoms with Crippen LogP contribution in [0.5, 0.6) is 5.75 Å². The van der Waals surface area contributed by atoms with Crippen LogP contribution in [0.1, 0.15) is 31.4 Å². The van der Waals surface area contributed by atoms with Gasteiger partial charge in [0.1, 0.15) is 17.6 Å². The number of amides is 2. The Morgan fingerprint density at radius 1 is 1.04 bits per heavy atom. The molecule has 1 unspecified atom stereocenters. The van der Waals surface area contributed by atoms with Crippen molar-refractivity contribution < 1.29 is 18.7 Å². The van der Waals surface area contributed by atoms with Crippen LogP contribution in [0.25, 0.3) is 0 Å². The van der Waals surface area contributed by atoms with Gasteiger partial charge < -0.3 is 15.0 Å². The number of aryl methyl sites for hydroxylation is 1. The predicted molar refractivity (Wildman–Crippen MR) is 106 cm³/mol. The number of carbonyl (C=O) groups excluding carboxylic acids is 2. The molecule has 28 heavy (non-hydrogen) atoms. The first-order chi connectivity index (χ1) is 13.5. The molecule has 0 saturated carbocycles. The Balaban J connectivity index is 2.14. The Hall–Kier alpha value is -2.89. The zero-order valence-electron chi connectivity index (χ0n) is 16.6. The van der Waals surface area contributed by atoms with E-state index >= 15 is 0 Å². The molecule has 0 fully saturated rings. The van der Waals surface area contributed by atoms with Crippen molar-refractivity contribution in [1.29, 1.82) is 0 Å². The smallest absolute Gasteiger partial charge is 0.261 e. The number of nitrogens with one attached hydrogen (secondary N) is 1. The highest BCUT2D eigenvalue weighted by molar-refractivity contribution is 5.88. The van der Waals surface area contributed by atoms with Gasteiger partial charge in [-0.1, -0.05) is 38.1 Å². The average molecular weight is 386 g/mol. The quantitative estimate of drug-likeness (QED) is 0.719. The van der Waals surface area contributed by atoms with Crippen molar-refractivity contribution in [1.82, 2.24) is 10.2 Å². The molecule has 2 rings (SSSR count). The molecule has 2 aromatic rings. The highest BCUT2D eigenvalue weighted by Gasteiger charge is 2.28. The van der Waals surface area contributed by atoms with Crippen LogP contribution in [0, 0.1) is 5.82 Å². The SMILES string of the molecule is CCc1ccc(OCC(=O)N(Cc2ccc(F)cc2)C(CC)C(=O)NC)cc1. The van der Waals surface area contributed by atoms with E-state index in [-0.39, 0.29) is 30.8 Å². The number of hydrogen-bond acceptors (Lipinski definition) is 3. The van der Waals surface area contributed by atoms with Gasteiger partial charge in [-0.25, -0.2) is 4.39 Å². The topological polar surface area (TPSA) is 58.6 Å². The minimum absolute atomic E-state index is 0.180. The standard InChI is InChI=1S/C22H27FN2O3/c1-4-16-8-12-19(13-9-16)28-15-21(26)25(20(5-2)22(27)24-3)14-17-6-10-18(23)11-7-17/h6-13,20H,4-5,14-15H2,1-3H3,(H,24,27). The summed E-state index contributed by atoms with van der Waals surface area (Å²) < 4.78 is 18.8. The average Bonchev–Trinajstić information content (AvgIpc) is 2.73. The lowest BCUT2D eigenvalue weighted by Crippen LogP contribution is -2.49. The Morgan fingerprint density at radius 2 is 1.64 bits per heavy atom. The molecule has 0 aliphatic carbocycles. The molecule has 0 aromatic heterocycles. The molecule has 2 amide bonds. The van der Waals surface area contributed by atoms with E-state index in [1.807, 2.05) is 31.2 Å². The number of ether oxygens (including phenoxy) is 1. The summed E-state index contributed by atoms with van der Waals surface area (Å²) in [5.74, 6) is -0.302. The van der Waals surface area contributed by atoms with Crippen molar-refractivity contribution in [2.45, 2.75) is 39.3 Å². The minimum Gasteiger partial charge on any atom is -0.484 e. The number of likely N-dealkylation sites (N-methyl/N-ethyl adjacent to an activating group) is 1. The summed E-state index contributed by atoms with van der Waals surface area (Å²) >= 11 is 0. The van der Waals surface area contributed by atoms with E-state index in [2.05, 4.69) is 12.2 Å². The second kappa shape index (κ2) is 10.4. The molecule has 1 atom stereocenters. The van der Waals surface area contributed by atoms with Gasteiger partial charge >= 0.3 is 0 Å². The van der Waals surface area contributed by atoms with Gasteiger partial charge in [0, 0.05) is 13.6 Å². The Labute approximate surface area is 165 Å². The van der Waals surface area contributed by atoms with Crippen LogP contribution in [-0.4, -0.2) is 36.4 Å². The van der Waals surface area contributed by atoms with Crippen molar-refractivity contribution >= 4 is 11.8 Å². The summed E-state index contributed by atoms with van der Waals surface area (Å²) in [5, 5.41) is 2.60. The zero-order chi connectivity index (χ0) is 20.5. The van der Waals surface area contributed by atoms with Crippen LogP contribution in [-0.2, 0) is 22.6 Å². The molecule has 0 radical (unpaired) electrons.